The predicted octanol–water partition coefficient (Wildman–Crippen LogP) is 0.725. The Morgan fingerprint density at radius 1 is 1.64 bits per heavy atom. The third-order valence-corrected chi connectivity index (χ3v) is 1.13. The lowest BCUT2D eigenvalue weighted by Crippen LogP contribution is -2.14. The Balaban J connectivity index is 2.49. The number of rotatable bonds is 3. The van der Waals surface area contributed by atoms with E-state index < -0.39 is 18.9 Å². The summed E-state index contributed by atoms with van der Waals surface area (Å²) in [6.07, 6.45) is -1.78. The zero-order valence-electron chi connectivity index (χ0n) is 5.58. The van der Waals surface area contributed by atoms with Crippen molar-refractivity contribution in [3.8, 4) is 0 Å². The summed E-state index contributed by atoms with van der Waals surface area (Å²) in [5, 5.41) is 3.24. The van der Waals surface area contributed by atoms with E-state index in [4.69, 9.17) is 5.73 Å². The SMILES string of the molecule is NC(CC(F)F)c1ncno1. The number of nitrogens with two attached hydrogens (primary N) is 1. The summed E-state index contributed by atoms with van der Waals surface area (Å²) < 4.78 is 27.9. The van der Waals surface area contributed by atoms with Gasteiger partial charge in [0, 0.05) is 6.42 Å². The summed E-state index contributed by atoms with van der Waals surface area (Å²) in [6.45, 7) is 0. The van der Waals surface area contributed by atoms with Crippen molar-refractivity contribution in [1.29, 1.82) is 0 Å². The molecular weight excluding hydrogens is 156 g/mol. The third kappa shape index (κ3) is 2.23. The predicted molar refractivity (Wildman–Crippen MR) is 31.8 cm³/mol. The Bertz CT molecular complexity index is 202. The van der Waals surface area contributed by atoms with Crippen LogP contribution in [0, 0.1) is 0 Å². The first-order valence-electron chi connectivity index (χ1n) is 3.00. The smallest absolute Gasteiger partial charge is 0.243 e. The van der Waals surface area contributed by atoms with Gasteiger partial charge in [0.05, 0.1) is 6.04 Å². The van der Waals surface area contributed by atoms with Gasteiger partial charge in [0.2, 0.25) is 12.3 Å². The molecule has 1 aromatic rings. The van der Waals surface area contributed by atoms with Crippen LogP contribution in [0.5, 0.6) is 0 Å². The zero-order valence-corrected chi connectivity index (χ0v) is 5.58. The van der Waals surface area contributed by atoms with Crippen molar-refractivity contribution in [1.82, 2.24) is 10.1 Å². The second kappa shape index (κ2) is 3.38. The van der Waals surface area contributed by atoms with Gasteiger partial charge in [-0.1, -0.05) is 5.16 Å². The molecule has 0 aliphatic rings. The van der Waals surface area contributed by atoms with Crippen LogP contribution in [0.3, 0.4) is 0 Å². The Hall–Kier alpha value is -1.04. The lowest BCUT2D eigenvalue weighted by atomic mass is 10.2. The van der Waals surface area contributed by atoms with E-state index in [0.29, 0.717) is 0 Å². The Labute approximate surface area is 61.4 Å². The topological polar surface area (TPSA) is 64.9 Å². The van der Waals surface area contributed by atoms with Crippen molar-refractivity contribution in [2.75, 3.05) is 0 Å². The van der Waals surface area contributed by atoms with Crippen LogP contribution >= 0.6 is 0 Å². The molecule has 0 aliphatic heterocycles. The van der Waals surface area contributed by atoms with Crippen LogP contribution in [0.4, 0.5) is 8.78 Å². The van der Waals surface area contributed by atoms with Crippen molar-refractivity contribution in [3.63, 3.8) is 0 Å². The molecule has 11 heavy (non-hydrogen) atoms. The van der Waals surface area contributed by atoms with Crippen LogP contribution in [0.1, 0.15) is 18.4 Å². The van der Waals surface area contributed by atoms with Gasteiger partial charge in [0.1, 0.15) is 0 Å². The van der Waals surface area contributed by atoms with E-state index in [2.05, 4.69) is 14.7 Å². The summed E-state index contributed by atoms with van der Waals surface area (Å²) in [6, 6.07) is -0.863. The quantitative estimate of drug-likeness (QED) is 0.713. The van der Waals surface area contributed by atoms with Gasteiger partial charge in [-0.2, -0.15) is 4.98 Å². The molecule has 2 N–H and O–H groups in total. The number of hydrogen-bond acceptors (Lipinski definition) is 4. The Kier molecular flexibility index (Phi) is 2.48. The first-order chi connectivity index (χ1) is 5.20. The van der Waals surface area contributed by atoms with Gasteiger partial charge >= 0.3 is 0 Å². The second-order valence-corrected chi connectivity index (χ2v) is 2.01. The van der Waals surface area contributed by atoms with E-state index in [1.807, 2.05) is 0 Å². The average Bonchev–Trinajstić information content (AvgIpc) is 2.35. The van der Waals surface area contributed by atoms with Gasteiger partial charge < -0.3 is 10.3 Å². The van der Waals surface area contributed by atoms with Crippen LogP contribution in [0.2, 0.25) is 0 Å². The van der Waals surface area contributed by atoms with E-state index in [1.54, 1.807) is 0 Å². The van der Waals surface area contributed by atoms with E-state index in [-0.39, 0.29) is 5.89 Å². The van der Waals surface area contributed by atoms with Gasteiger partial charge in [0.25, 0.3) is 0 Å². The number of halogens is 2. The van der Waals surface area contributed by atoms with E-state index >= 15 is 0 Å². The number of nitrogens with zero attached hydrogens (tertiary/aromatic N) is 2. The summed E-state index contributed by atoms with van der Waals surface area (Å²) in [5.41, 5.74) is 5.26. The lowest BCUT2D eigenvalue weighted by Gasteiger charge is -2.03. The molecule has 0 aliphatic carbocycles. The highest BCUT2D eigenvalue weighted by atomic mass is 19.3. The molecule has 1 unspecified atom stereocenters. The van der Waals surface area contributed by atoms with Gasteiger partial charge in [0.15, 0.2) is 6.33 Å². The second-order valence-electron chi connectivity index (χ2n) is 2.01. The van der Waals surface area contributed by atoms with E-state index in [9.17, 15) is 8.78 Å². The summed E-state index contributed by atoms with van der Waals surface area (Å²) in [4.78, 5) is 3.53. The highest BCUT2D eigenvalue weighted by Gasteiger charge is 2.16. The minimum absolute atomic E-state index is 0.0466. The maximum atomic E-state index is 11.7. The standard InChI is InChI=1S/C5H7F2N3O/c6-4(7)1-3(8)5-9-2-10-11-5/h2-4H,1,8H2. The van der Waals surface area contributed by atoms with Crippen LogP contribution in [0.15, 0.2) is 10.9 Å². The highest BCUT2D eigenvalue weighted by molar-refractivity contribution is 4.84. The molecule has 1 atom stereocenters. The fourth-order valence-corrected chi connectivity index (χ4v) is 0.638. The highest BCUT2D eigenvalue weighted by Crippen LogP contribution is 2.14. The third-order valence-electron chi connectivity index (χ3n) is 1.13. The zero-order chi connectivity index (χ0) is 8.27. The molecule has 62 valence electrons. The van der Waals surface area contributed by atoms with Gasteiger partial charge in [-0.05, 0) is 0 Å². The van der Waals surface area contributed by atoms with Crippen molar-refractivity contribution < 1.29 is 13.3 Å². The molecule has 0 saturated heterocycles. The van der Waals surface area contributed by atoms with Crippen LogP contribution in [-0.4, -0.2) is 16.6 Å². The van der Waals surface area contributed by atoms with Crippen LogP contribution in [-0.2, 0) is 0 Å². The van der Waals surface area contributed by atoms with Crippen molar-refractivity contribution >= 4 is 0 Å². The minimum Gasteiger partial charge on any atom is -0.338 e. The van der Waals surface area contributed by atoms with Crippen molar-refractivity contribution in [3.05, 3.63) is 12.2 Å². The number of hydrogen-bond donors (Lipinski definition) is 1. The van der Waals surface area contributed by atoms with E-state index in [1.165, 1.54) is 0 Å². The summed E-state index contributed by atoms with van der Waals surface area (Å²) in [5.74, 6) is 0.0466. The lowest BCUT2D eigenvalue weighted by molar-refractivity contribution is 0.122. The Morgan fingerprint density at radius 3 is 2.82 bits per heavy atom. The molecule has 1 heterocycles. The number of aromatic nitrogens is 2. The molecular formula is C5H7F2N3O. The fourth-order valence-electron chi connectivity index (χ4n) is 0.638. The van der Waals surface area contributed by atoms with Gasteiger partial charge in [-0.25, -0.2) is 8.78 Å². The Morgan fingerprint density at radius 2 is 2.36 bits per heavy atom. The molecule has 0 amide bonds. The molecule has 6 heteroatoms. The minimum atomic E-state index is -2.45. The van der Waals surface area contributed by atoms with Crippen molar-refractivity contribution in [2.45, 2.75) is 18.9 Å². The average molecular weight is 163 g/mol. The molecule has 0 bridgehead atoms. The molecule has 0 saturated carbocycles. The monoisotopic (exact) mass is 163 g/mol. The summed E-state index contributed by atoms with van der Waals surface area (Å²) >= 11 is 0. The first kappa shape index (κ1) is 8.06. The van der Waals surface area contributed by atoms with Crippen LogP contribution in [0.25, 0.3) is 0 Å². The fraction of sp³-hybridized carbons (Fsp3) is 0.600. The molecule has 1 aromatic heterocycles. The molecule has 0 radical (unpaired) electrons. The maximum Gasteiger partial charge on any atom is 0.243 e. The first-order valence-corrected chi connectivity index (χ1v) is 3.00. The normalized spacial score (nSPS) is 13.8. The molecule has 0 fully saturated rings. The van der Waals surface area contributed by atoms with Crippen LogP contribution < -0.4 is 5.73 Å². The van der Waals surface area contributed by atoms with E-state index in [0.717, 1.165) is 6.33 Å². The summed E-state index contributed by atoms with van der Waals surface area (Å²) in [7, 11) is 0. The molecule has 0 spiro atoms. The van der Waals surface area contributed by atoms with Gasteiger partial charge in [-0.15, -0.1) is 0 Å². The maximum absolute atomic E-state index is 11.7. The van der Waals surface area contributed by atoms with Crippen molar-refractivity contribution in [2.24, 2.45) is 5.73 Å². The molecule has 0 aromatic carbocycles. The number of alkyl halides is 2. The largest absolute Gasteiger partial charge is 0.338 e. The van der Waals surface area contributed by atoms with Gasteiger partial charge in [-0.3, -0.25) is 0 Å². The molecule has 1 rings (SSSR count). The molecule has 4 nitrogen and oxygen atoms in total.